The van der Waals surface area contributed by atoms with Gasteiger partial charge in [-0.1, -0.05) is 69.4 Å². The predicted octanol–water partition coefficient (Wildman–Crippen LogP) is 5.53. The quantitative estimate of drug-likeness (QED) is 0.271. The molecule has 0 spiro atoms. The van der Waals surface area contributed by atoms with E-state index in [4.69, 9.17) is 4.74 Å². The number of benzene rings is 2. The molecule has 0 bridgehead atoms. The summed E-state index contributed by atoms with van der Waals surface area (Å²) in [6.45, 7) is 4.58. The number of carbonyl (C=O) groups is 3. The molecule has 5 nitrogen and oxygen atoms in total. The number of ether oxygens (including phenoxy) is 1. The minimum atomic E-state index is -0.103. The van der Waals surface area contributed by atoms with Crippen LogP contribution in [0.5, 0.6) is 5.75 Å². The second-order valence-corrected chi connectivity index (χ2v) is 8.18. The van der Waals surface area contributed by atoms with Gasteiger partial charge in [0.2, 0.25) is 5.91 Å². The highest BCUT2D eigenvalue weighted by atomic mass is 16.5. The molecule has 0 heterocycles. The van der Waals surface area contributed by atoms with Crippen molar-refractivity contribution >= 4 is 18.5 Å². The van der Waals surface area contributed by atoms with E-state index in [1.54, 1.807) is 24.0 Å². The van der Waals surface area contributed by atoms with Crippen molar-refractivity contribution in [3.63, 3.8) is 0 Å². The molecule has 32 heavy (non-hydrogen) atoms. The van der Waals surface area contributed by atoms with Crippen LogP contribution in [0.25, 0.3) is 0 Å². The van der Waals surface area contributed by atoms with Crippen LogP contribution in [-0.4, -0.2) is 30.0 Å². The van der Waals surface area contributed by atoms with Gasteiger partial charge in [-0.2, -0.15) is 0 Å². The maximum Gasteiger partial charge on any atom is 0.220 e. The fraction of sp³-hybridized carbons (Fsp3) is 0.444. The summed E-state index contributed by atoms with van der Waals surface area (Å²) in [6, 6.07) is 13.7. The van der Waals surface area contributed by atoms with Crippen molar-refractivity contribution in [1.82, 2.24) is 4.90 Å². The van der Waals surface area contributed by atoms with E-state index in [9.17, 15) is 14.4 Å². The zero-order chi connectivity index (χ0) is 23.2. The maximum atomic E-state index is 12.2. The maximum absolute atomic E-state index is 12.2. The first-order chi connectivity index (χ1) is 15.6. The second-order valence-electron chi connectivity index (χ2n) is 8.18. The first-order valence-electron chi connectivity index (χ1n) is 11.5. The number of hydrogen-bond donors (Lipinski definition) is 0. The smallest absolute Gasteiger partial charge is 0.220 e. The zero-order valence-electron chi connectivity index (χ0n) is 19.3. The summed E-state index contributed by atoms with van der Waals surface area (Å²) in [5, 5.41) is 0. The van der Waals surface area contributed by atoms with Gasteiger partial charge in [0.1, 0.15) is 12.4 Å². The van der Waals surface area contributed by atoms with Gasteiger partial charge in [-0.3, -0.25) is 14.4 Å². The van der Waals surface area contributed by atoms with E-state index in [1.165, 1.54) is 44.1 Å². The third-order valence-corrected chi connectivity index (χ3v) is 5.54. The monoisotopic (exact) mass is 437 g/mol. The molecule has 0 aliphatic rings. The molecule has 1 amide bonds. The number of aryl methyl sites for hydroxylation is 1. The molecule has 0 unspecified atom stereocenters. The number of nitrogens with zero attached hydrogens (tertiary/aromatic N) is 1. The molecular formula is C27H35NO4. The zero-order valence-corrected chi connectivity index (χ0v) is 19.3. The first kappa shape index (κ1) is 25.3. The number of unbranched alkanes of at least 4 members (excludes halogenated alkanes) is 5. The molecule has 0 radical (unpaired) electrons. The van der Waals surface area contributed by atoms with E-state index in [0.717, 1.165) is 17.5 Å². The van der Waals surface area contributed by atoms with Crippen LogP contribution in [-0.2, 0) is 29.1 Å². The van der Waals surface area contributed by atoms with Gasteiger partial charge in [-0.15, -0.1) is 0 Å². The SMILES string of the molecule is CCCCCCCCc1ccc(CN(Cc2ccc(OCC=O)c(C=O)c2)C(C)=O)cc1. The fourth-order valence-corrected chi connectivity index (χ4v) is 3.68. The Morgan fingerprint density at radius 3 is 2.16 bits per heavy atom. The van der Waals surface area contributed by atoms with Crippen LogP contribution in [0.15, 0.2) is 42.5 Å². The van der Waals surface area contributed by atoms with Gasteiger partial charge < -0.3 is 9.64 Å². The lowest BCUT2D eigenvalue weighted by molar-refractivity contribution is -0.130. The number of hydrogen-bond acceptors (Lipinski definition) is 4. The van der Waals surface area contributed by atoms with Crippen molar-refractivity contribution in [2.24, 2.45) is 0 Å². The first-order valence-corrected chi connectivity index (χ1v) is 11.5. The van der Waals surface area contributed by atoms with E-state index in [1.807, 2.05) is 6.07 Å². The van der Waals surface area contributed by atoms with Gasteiger partial charge in [0.25, 0.3) is 0 Å². The average Bonchev–Trinajstić information content (AvgIpc) is 2.80. The Labute approximate surface area is 191 Å². The Morgan fingerprint density at radius 1 is 0.875 bits per heavy atom. The lowest BCUT2D eigenvalue weighted by Gasteiger charge is -2.22. The van der Waals surface area contributed by atoms with Gasteiger partial charge >= 0.3 is 0 Å². The summed E-state index contributed by atoms with van der Waals surface area (Å²) in [5.74, 6) is 0.335. The minimum absolute atomic E-state index is 0.0323. The van der Waals surface area contributed by atoms with Crippen LogP contribution in [0.2, 0.25) is 0 Å². The molecule has 0 aliphatic heterocycles. The molecule has 0 aliphatic carbocycles. The molecule has 2 aromatic rings. The second kappa shape index (κ2) is 14.2. The Kier molecular flexibility index (Phi) is 11.2. The molecular weight excluding hydrogens is 402 g/mol. The van der Waals surface area contributed by atoms with Gasteiger partial charge in [0, 0.05) is 20.0 Å². The van der Waals surface area contributed by atoms with E-state index >= 15 is 0 Å². The highest BCUT2D eigenvalue weighted by Gasteiger charge is 2.12. The topological polar surface area (TPSA) is 63.7 Å². The number of amides is 1. The van der Waals surface area contributed by atoms with Gasteiger partial charge in [-0.05, 0) is 41.7 Å². The molecule has 0 fully saturated rings. The lowest BCUT2D eigenvalue weighted by Crippen LogP contribution is -2.27. The molecule has 0 N–H and O–H groups in total. The Hall–Kier alpha value is -2.95. The van der Waals surface area contributed by atoms with Crippen molar-refractivity contribution in [1.29, 1.82) is 0 Å². The van der Waals surface area contributed by atoms with Crippen molar-refractivity contribution in [2.75, 3.05) is 6.61 Å². The van der Waals surface area contributed by atoms with Crippen LogP contribution in [0, 0.1) is 0 Å². The van der Waals surface area contributed by atoms with Crippen LogP contribution < -0.4 is 4.74 Å². The van der Waals surface area contributed by atoms with E-state index < -0.39 is 0 Å². The molecule has 0 saturated carbocycles. The number of carbonyl (C=O) groups excluding carboxylic acids is 3. The molecule has 0 atom stereocenters. The molecule has 0 aromatic heterocycles. The normalized spacial score (nSPS) is 10.6. The standard InChI is InChI=1S/C27H35NO4/c1-3-4-5-6-7-8-9-23-10-12-24(13-11-23)19-28(22(2)31)20-25-14-15-27(32-17-16-29)26(18-25)21-30/h10-16,18,21H,3-9,17,19-20H2,1-2H3. The van der Waals surface area contributed by atoms with Gasteiger partial charge in [-0.25, -0.2) is 0 Å². The Morgan fingerprint density at radius 2 is 1.50 bits per heavy atom. The summed E-state index contributed by atoms with van der Waals surface area (Å²) >= 11 is 0. The van der Waals surface area contributed by atoms with Crippen LogP contribution in [0.3, 0.4) is 0 Å². The summed E-state index contributed by atoms with van der Waals surface area (Å²) in [4.78, 5) is 35.9. The summed E-state index contributed by atoms with van der Waals surface area (Å²) in [7, 11) is 0. The Balaban J connectivity index is 1.93. The Bertz CT molecular complexity index is 860. The van der Waals surface area contributed by atoms with Crippen LogP contribution >= 0.6 is 0 Å². The fourth-order valence-electron chi connectivity index (χ4n) is 3.68. The van der Waals surface area contributed by atoms with E-state index in [-0.39, 0.29) is 12.5 Å². The largest absolute Gasteiger partial charge is 0.485 e. The highest BCUT2D eigenvalue weighted by Crippen LogP contribution is 2.20. The van der Waals surface area contributed by atoms with Crippen molar-refractivity contribution in [3.05, 3.63) is 64.7 Å². The van der Waals surface area contributed by atoms with Crippen LogP contribution in [0.4, 0.5) is 0 Å². The molecule has 172 valence electrons. The highest BCUT2D eigenvalue weighted by molar-refractivity contribution is 5.80. The third kappa shape index (κ3) is 8.66. The third-order valence-electron chi connectivity index (χ3n) is 5.54. The average molecular weight is 438 g/mol. The van der Waals surface area contributed by atoms with E-state index in [2.05, 4.69) is 31.2 Å². The van der Waals surface area contributed by atoms with E-state index in [0.29, 0.717) is 37.0 Å². The molecule has 0 saturated heterocycles. The van der Waals surface area contributed by atoms with Crippen molar-refractivity contribution in [2.45, 2.75) is 71.9 Å². The predicted molar refractivity (Wildman–Crippen MR) is 127 cm³/mol. The minimum Gasteiger partial charge on any atom is -0.485 e. The summed E-state index contributed by atoms with van der Waals surface area (Å²) < 4.78 is 5.26. The summed E-state index contributed by atoms with van der Waals surface area (Å²) in [5.41, 5.74) is 3.61. The van der Waals surface area contributed by atoms with Crippen molar-refractivity contribution in [3.8, 4) is 5.75 Å². The molecule has 2 rings (SSSR count). The molecule has 2 aromatic carbocycles. The number of aldehydes is 2. The summed E-state index contributed by atoms with van der Waals surface area (Å²) in [6.07, 6.45) is 10.2. The number of rotatable bonds is 15. The lowest BCUT2D eigenvalue weighted by atomic mass is 10.0. The van der Waals surface area contributed by atoms with Crippen LogP contribution in [0.1, 0.15) is 79.4 Å². The van der Waals surface area contributed by atoms with Gasteiger partial charge in [0.15, 0.2) is 12.6 Å². The molecule has 5 heteroatoms. The van der Waals surface area contributed by atoms with Crippen molar-refractivity contribution < 1.29 is 19.1 Å². The van der Waals surface area contributed by atoms with Gasteiger partial charge in [0.05, 0.1) is 5.56 Å².